The van der Waals surface area contributed by atoms with Gasteiger partial charge in [-0.3, -0.25) is 4.79 Å². The van der Waals surface area contributed by atoms with E-state index in [0.29, 0.717) is 10.6 Å². The van der Waals surface area contributed by atoms with Gasteiger partial charge in [-0.15, -0.1) is 12.6 Å². The summed E-state index contributed by atoms with van der Waals surface area (Å²) in [5, 5.41) is 0.800. The number of aromatic nitrogens is 2. The van der Waals surface area contributed by atoms with Crippen molar-refractivity contribution in [2.45, 2.75) is 12.5 Å². The van der Waals surface area contributed by atoms with Crippen molar-refractivity contribution in [3.8, 4) is 5.69 Å². The molecular formula is C13H11ClN2O2S. The van der Waals surface area contributed by atoms with Crippen molar-refractivity contribution in [1.29, 1.82) is 0 Å². The summed E-state index contributed by atoms with van der Waals surface area (Å²) in [6, 6.07) is 7.13. The van der Waals surface area contributed by atoms with E-state index in [0.717, 1.165) is 11.1 Å². The third-order valence-corrected chi connectivity index (χ3v) is 3.00. The zero-order valence-corrected chi connectivity index (χ0v) is 10.7. The maximum Gasteiger partial charge on any atom is 0.287 e. The van der Waals surface area contributed by atoms with Gasteiger partial charge in [-0.1, -0.05) is 13.5 Å². The van der Waals surface area contributed by atoms with Gasteiger partial charge in [0.15, 0.2) is 5.76 Å². The first-order chi connectivity index (χ1) is 8.65. The Bertz CT molecular complexity index is 748. The number of fused-ring (bicyclic) bond motifs is 1. The molecule has 0 aliphatic carbocycles. The van der Waals surface area contributed by atoms with Crippen LogP contribution in [0.4, 0.5) is 0 Å². The number of thiol groups is 1. The molecule has 2 heterocycles. The van der Waals surface area contributed by atoms with Gasteiger partial charge in [0.2, 0.25) is 0 Å². The summed E-state index contributed by atoms with van der Waals surface area (Å²) >= 11 is 9.57. The molecule has 4 nitrogen and oxygen atoms in total. The molecule has 0 aliphatic rings. The fourth-order valence-corrected chi connectivity index (χ4v) is 2.08. The van der Waals surface area contributed by atoms with Crippen LogP contribution in [-0.4, -0.2) is 14.8 Å². The second kappa shape index (κ2) is 5.11. The number of hydrogen-bond donors (Lipinski definition) is 1. The zero-order chi connectivity index (χ0) is 12.7. The second-order valence-corrected chi connectivity index (χ2v) is 4.51. The Balaban J connectivity index is 0.00000133. The maximum atomic E-state index is 11.1. The van der Waals surface area contributed by atoms with Crippen molar-refractivity contribution >= 4 is 40.4 Å². The lowest BCUT2D eigenvalue weighted by Crippen LogP contribution is -1.89. The van der Waals surface area contributed by atoms with E-state index in [1.165, 1.54) is 0 Å². The van der Waals surface area contributed by atoms with Crippen LogP contribution in [0.5, 0.6) is 0 Å². The first kappa shape index (κ1) is 13.7. The van der Waals surface area contributed by atoms with Gasteiger partial charge < -0.3 is 8.98 Å². The Kier molecular flexibility index (Phi) is 3.68. The third kappa shape index (κ3) is 2.39. The van der Waals surface area contributed by atoms with Crippen LogP contribution in [0.25, 0.3) is 16.7 Å². The summed E-state index contributed by atoms with van der Waals surface area (Å²) < 4.78 is 7.17. The molecular weight excluding hydrogens is 284 g/mol. The molecule has 2 aromatic heterocycles. The lowest BCUT2D eigenvalue weighted by atomic mass is 10.2. The van der Waals surface area contributed by atoms with E-state index in [1.54, 1.807) is 24.7 Å². The summed E-state index contributed by atoms with van der Waals surface area (Å²) in [7, 11) is 0. The molecule has 0 bridgehead atoms. The van der Waals surface area contributed by atoms with Gasteiger partial charge in [-0.2, -0.15) is 0 Å². The number of carbonyl (C=O) groups is 1. The predicted molar refractivity (Wildman–Crippen MR) is 77.5 cm³/mol. The highest BCUT2D eigenvalue weighted by atomic mass is 35.5. The van der Waals surface area contributed by atoms with Gasteiger partial charge in [0.25, 0.3) is 5.24 Å². The lowest BCUT2D eigenvalue weighted by molar-refractivity contribution is 0.105. The van der Waals surface area contributed by atoms with Gasteiger partial charge in [0.05, 0.1) is 5.69 Å². The molecule has 0 spiro atoms. The average Bonchev–Trinajstić information content (AvgIpc) is 2.94. The zero-order valence-electron chi connectivity index (χ0n) is 9.00. The minimum Gasteiger partial charge on any atom is -0.452 e. The summed E-state index contributed by atoms with van der Waals surface area (Å²) in [5.41, 5.74) is 1.46. The number of nitrogens with zero attached hydrogens (tertiary/aromatic N) is 2. The van der Waals surface area contributed by atoms with Crippen molar-refractivity contribution in [1.82, 2.24) is 9.55 Å². The fourth-order valence-electron chi connectivity index (χ4n) is 1.81. The monoisotopic (exact) mass is 294 g/mol. The Labute approximate surface area is 120 Å². The molecule has 0 radical (unpaired) electrons. The Morgan fingerprint density at radius 3 is 2.84 bits per heavy atom. The van der Waals surface area contributed by atoms with Crippen LogP contribution in [0, 0.1) is 0 Å². The van der Waals surface area contributed by atoms with Crippen LogP contribution in [0.2, 0.25) is 0 Å². The van der Waals surface area contributed by atoms with Crippen molar-refractivity contribution in [3.05, 3.63) is 42.5 Å². The molecule has 0 atom stereocenters. The summed E-state index contributed by atoms with van der Waals surface area (Å²) in [5.74, 6) is 0.130. The topological polar surface area (TPSA) is 48.0 Å². The number of benzene rings is 1. The first-order valence-corrected chi connectivity index (χ1v) is 5.93. The molecule has 0 aliphatic heterocycles. The van der Waals surface area contributed by atoms with Crippen molar-refractivity contribution in [3.63, 3.8) is 0 Å². The van der Waals surface area contributed by atoms with Gasteiger partial charge >= 0.3 is 0 Å². The van der Waals surface area contributed by atoms with E-state index in [9.17, 15) is 4.79 Å². The maximum absolute atomic E-state index is 11.1. The molecule has 3 rings (SSSR count). The molecule has 1 aromatic carbocycles. The summed E-state index contributed by atoms with van der Waals surface area (Å²) in [6.07, 6.45) is 3.42. The molecule has 19 heavy (non-hydrogen) atoms. The summed E-state index contributed by atoms with van der Waals surface area (Å²) in [4.78, 5) is 15.2. The minimum absolute atomic E-state index is 0. The first-order valence-electron chi connectivity index (χ1n) is 5.11. The van der Waals surface area contributed by atoms with E-state index in [4.69, 9.17) is 16.0 Å². The van der Waals surface area contributed by atoms with Gasteiger partial charge in [0.1, 0.15) is 16.9 Å². The van der Waals surface area contributed by atoms with Crippen molar-refractivity contribution in [2.24, 2.45) is 0 Å². The Morgan fingerprint density at radius 1 is 1.42 bits per heavy atom. The van der Waals surface area contributed by atoms with Crippen LogP contribution >= 0.6 is 24.2 Å². The Hall–Kier alpha value is -1.72. The number of imidazole rings is 1. The number of hydrogen-bond acceptors (Lipinski definition) is 4. The van der Waals surface area contributed by atoms with Gasteiger partial charge in [-0.25, -0.2) is 4.98 Å². The van der Waals surface area contributed by atoms with Crippen molar-refractivity contribution in [2.75, 3.05) is 0 Å². The number of halogens is 1. The second-order valence-electron chi connectivity index (χ2n) is 3.71. The van der Waals surface area contributed by atoms with E-state index in [2.05, 4.69) is 17.6 Å². The quantitative estimate of drug-likeness (QED) is 0.575. The van der Waals surface area contributed by atoms with Gasteiger partial charge in [0, 0.05) is 11.6 Å². The lowest BCUT2D eigenvalue weighted by Gasteiger charge is -2.02. The van der Waals surface area contributed by atoms with Crippen molar-refractivity contribution < 1.29 is 9.21 Å². The van der Waals surface area contributed by atoms with Crippen LogP contribution in [0.3, 0.4) is 0 Å². The van der Waals surface area contributed by atoms with Gasteiger partial charge in [-0.05, 0) is 29.8 Å². The molecule has 0 fully saturated rings. The highest BCUT2D eigenvalue weighted by Gasteiger charge is 2.13. The summed E-state index contributed by atoms with van der Waals surface area (Å²) in [6.45, 7) is 0. The predicted octanol–water partition coefficient (Wildman–Crippen LogP) is 3.92. The SMILES string of the molecule is C.O=C(Cl)c1cc2c(-n3cnc(S)c3)cccc2o1. The number of rotatable bonds is 2. The van der Waals surface area contributed by atoms with E-state index in [1.807, 2.05) is 16.7 Å². The van der Waals surface area contributed by atoms with E-state index < -0.39 is 5.24 Å². The smallest absolute Gasteiger partial charge is 0.287 e. The fraction of sp³-hybridized carbons (Fsp3) is 0.0769. The van der Waals surface area contributed by atoms with Crippen LogP contribution in [0.1, 0.15) is 18.0 Å². The average molecular weight is 295 g/mol. The minimum atomic E-state index is -0.613. The molecule has 3 aromatic rings. The molecule has 98 valence electrons. The third-order valence-electron chi connectivity index (χ3n) is 2.58. The van der Waals surface area contributed by atoms with Crippen LogP contribution in [0.15, 0.2) is 46.2 Å². The van der Waals surface area contributed by atoms with Crippen LogP contribution < -0.4 is 0 Å². The molecule has 0 saturated carbocycles. The molecule has 0 amide bonds. The molecule has 6 heteroatoms. The normalized spacial score (nSPS) is 10.4. The standard InChI is InChI=1S/C12H7ClN2O2S.CH4/c13-12(16)10-4-7-8(2-1-3-9(7)17-10)15-5-11(18)14-6-15;/h1-6,18H;1H4. The highest BCUT2D eigenvalue weighted by molar-refractivity contribution is 7.80. The largest absolute Gasteiger partial charge is 0.452 e. The molecule has 0 saturated heterocycles. The van der Waals surface area contributed by atoms with E-state index >= 15 is 0 Å². The molecule has 0 N–H and O–H groups in total. The number of carbonyl (C=O) groups excluding carboxylic acids is 1. The van der Waals surface area contributed by atoms with Crippen LogP contribution in [-0.2, 0) is 0 Å². The Morgan fingerprint density at radius 2 is 2.21 bits per heavy atom. The number of furan rings is 1. The van der Waals surface area contributed by atoms with E-state index in [-0.39, 0.29) is 13.2 Å². The highest BCUT2D eigenvalue weighted by Crippen LogP contribution is 2.27. The molecule has 0 unspecified atom stereocenters.